The van der Waals surface area contributed by atoms with E-state index in [0.29, 0.717) is 16.5 Å². The van der Waals surface area contributed by atoms with Gasteiger partial charge in [0.25, 0.3) is 0 Å². The number of aromatic nitrogens is 2. The van der Waals surface area contributed by atoms with E-state index in [0.717, 1.165) is 26.5 Å². The third-order valence-corrected chi connectivity index (χ3v) is 4.64. The third-order valence-electron chi connectivity index (χ3n) is 3.26. The fourth-order valence-electron chi connectivity index (χ4n) is 2.02. The maximum atomic E-state index is 9.28. The molecule has 0 aliphatic heterocycles. The van der Waals surface area contributed by atoms with E-state index >= 15 is 0 Å². The number of anilines is 2. The SMILES string of the molecule is Cc1sc(Nc2nc3ccccc3nc2Cl)c(C#N)c1C. The van der Waals surface area contributed by atoms with Gasteiger partial charge in [-0.05, 0) is 31.5 Å². The summed E-state index contributed by atoms with van der Waals surface area (Å²) in [6.07, 6.45) is 0. The van der Waals surface area contributed by atoms with Gasteiger partial charge in [-0.15, -0.1) is 11.3 Å². The van der Waals surface area contributed by atoms with Crippen molar-refractivity contribution in [2.24, 2.45) is 0 Å². The van der Waals surface area contributed by atoms with E-state index in [1.165, 1.54) is 11.3 Å². The summed E-state index contributed by atoms with van der Waals surface area (Å²) in [6.45, 7) is 3.92. The molecule has 0 radical (unpaired) electrons. The van der Waals surface area contributed by atoms with Crippen molar-refractivity contribution in [3.05, 3.63) is 45.4 Å². The molecule has 0 atom stereocenters. The molecule has 2 heterocycles. The molecule has 0 saturated heterocycles. The zero-order chi connectivity index (χ0) is 15.0. The van der Waals surface area contributed by atoms with Gasteiger partial charge in [0.2, 0.25) is 0 Å². The third kappa shape index (κ3) is 2.44. The smallest absolute Gasteiger partial charge is 0.172 e. The molecule has 0 unspecified atom stereocenters. The number of fused-ring (bicyclic) bond motifs is 1. The molecule has 0 fully saturated rings. The summed E-state index contributed by atoms with van der Waals surface area (Å²) in [6, 6.07) is 9.74. The highest BCUT2D eigenvalue weighted by Crippen LogP contribution is 2.35. The number of halogens is 1. The zero-order valence-electron chi connectivity index (χ0n) is 11.4. The number of nitrogens with zero attached hydrogens (tertiary/aromatic N) is 3. The van der Waals surface area contributed by atoms with Crippen molar-refractivity contribution in [1.29, 1.82) is 5.26 Å². The van der Waals surface area contributed by atoms with Gasteiger partial charge >= 0.3 is 0 Å². The van der Waals surface area contributed by atoms with Gasteiger partial charge in [-0.25, -0.2) is 9.97 Å². The summed E-state index contributed by atoms with van der Waals surface area (Å²) in [5.41, 5.74) is 3.11. The summed E-state index contributed by atoms with van der Waals surface area (Å²) in [5, 5.41) is 13.5. The Balaban J connectivity index is 2.08. The molecule has 1 aromatic carbocycles. The van der Waals surface area contributed by atoms with Gasteiger partial charge in [-0.2, -0.15) is 5.26 Å². The van der Waals surface area contributed by atoms with Gasteiger partial charge in [0.15, 0.2) is 11.0 Å². The molecule has 21 heavy (non-hydrogen) atoms. The Morgan fingerprint density at radius 3 is 2.52 bits per heavy atom. The fourth-order valence-corrected chi connectivity index (χ4v) is 3.21. The van der Waals surface area contributed by atoms with E-state index in [-0.39, 0.29) is 0 Å². The topological polar surface area (TPSA) is 61.6 Å². The molecule has 0 aliphatic rings. The molecular weight excluding hydrogens is 304 g/mol. The summed E-state index contributed by atoms with van der Waals surface area (Å²) in [5.74, 6) is 0.466. The molecule has 0 saturated carbocycles. The minimum Gasteiger partial charge on any atom is -0.328 e. The van der Waals surface area contributed by atoms with E-state index in [4.69, 9.17) is 11.6 Å². The van der Waals surface area contributed by atoms with Crippen molar-refractivity contribution >= 4 is 44.8 Å². The standard InChI is InChI=1S/C15H11ClN4S/c1-8-9(2)21-15(10(8)7-17)20-14-13(16)18-11-5-3-4-6-12(11)19-14/h3-6H,1-2H3,(H,19,20). The van der Waals surface area contributed by atoms with E-state index in [2.05, 4.69) is 21.4 Å². The second kappa shape index (κ2) is 5.32. The largest absolute Gasteiger partial charge is 0.328 e. The van der Waals surface area contributed by atoms with Crippen molar-refractivity contribution in [2.75, 3.05) is 5.32 Å². The van der Waals surface area contributed by atoms with E-state index < -0.39 is 0 Å². The van der Waals surface area contributed by atoms with Crippen molar-refractivity contribution in [1.82, 2.24) is 9.97 Å². The van der Waals surface area contributed by atoms with Crippen LogP contribution in [0.4, 0.5) is 10.8 Å². The van der Waals surface area contributed by atoms with Crippen molar-refractivity contribution < 1.29 is 0 Å². The minimum atomic E-state index is 0.293. The molecule has 0 bridgehead atoms. The van der Waals surface area contributed by atoms with Crippen LogP contribution in [0.15, 0.2) is 24.3 Å². The summed E-state index contributed by atoms with van der Waals surface area (Å²) in [7, 11) is 0. The Hall–Kier alpha value is -2.16. The van der Waals surface area contributed by atoms with Crippen LogP contribution in [0.25, 0.3) is 11.0 Å². The van der Waals surface area contributed by atoms with Gasteiger partial charge in [0, 0.05) is 4.88 Å². The number of hydrogen-bond donors (Lipinski definition) is 1. The second-order valence-corrected chi connectivity index (χ2v) is 6.16. The van der Waals surface area contributed by atoms with Crippen LogP contribution < -0.4 is 5.32 Å². The lowest BCUT2D eigenvalue weighted by Crippen LogP contribution is -1.97. The number of rotatable bonds is 2. The van der Waals surface area contributed by atoms with E-state index in [1.807, 2.05) is 38.1 Å². The quantitative estimate of drug-likeness (QED) is 0.752. The number of benzene rings is 1. The molecule has 1 N–H and O–H groups in total. The Labute approximate surface area is 131 Å². The lowest BCUT2D eigenvalue weighted by atomic mass is 10.2. The number of nitrogens with one attached hydrogen (secondary N) is 1. The monoisotopic (exact) mass is 314 g/mol. The maximum Gasteiger partial charge on any atom is 0.172 e. The van der Waals surface area contributed by atoms with Crippen LogP contribution in [0.3, 0.4) is 0 Å². The molecule has 3 rings (SSSR count). The number of thiophene rings is 1. The van der Waals surface area contributed by atoms with Gasteiger partial charge in [0.1, 0.15) is 11.1 Å². The van der Waals surface area contributed by atoms with E-state index in [9.17, 15) is 5.26 Å². The maximum absolute atomic E-state index is 9.28. The van der Waals surface area contributed by atoms with Gasteiger partial charge < -0.3 is 5.32 Å². The van der Waals surface area contributed by atoms with Crippen LogP contribution in [0, 0.1) is 25.2 Å². The molecule has 0 spiro atoms. The number of nitriles is 1. The zero-order valence-corrected chi connectivity index (χ0v) is 13.0. The predicted molar refractivity (Wildman–Crippen MR) is 86.3 cm³/mol. The second-order valence-electron chi connectivity index (χ2n) is 4.58. The number of hydrogen-bond acceptors (Lipinski definition) is 5. The van der Waals surface area contributed by atoms with Gasteiger partial charge in [-0.1, -0.05) is 23.7 Å². The molecule has 2 aromatic heterocycles. The Morgan fingerprint density at radius 1 is 1.19 bits per heavy atom. The summed E-state index contributed by atoms with van der Waals surface area (Å²) in [4.78, 5) is 9.89. The van der Waals surface area contributed by atoms with Crippen LogP contribution in [0.1, 0.15) is 16.0 Å². The minimum absolute atomic E-state index is 0.293. The first kappa shape index (κ1) is 13.8. The highest BCUT2D eigenvalue weighted by atomic mass is 35.5. The Kier molecular flexibility index (Phi) is 3.50. The van der Waals surface area contributed by atoms with Crippen molar-refractivity contribution in [2.45, 2.75) is 13.8 Å². The molecule has 0 amide bonds. The Morgan fingerprint density at radius 2 is 1.86 bits per heavy atom. The van der Waals surface area contributed by atoms with Crippen molar-refractivity contribution in [3.63, 3.8) is 0 Å². The van der Waals surface area contributed by atoms with E-state index in [1.54, 1.807) is 0 Å². The highest BCUT2D eigenvalue weighted by Gasteiger charge is 2.15. The summed E-state index contributed by atoms with van der Waals surface area (Å²) < 4.78 is 0. The molecule has 104 valence electrons. The normalized spacial score (nSPS) is 10.6. The number of para-hydroxylation sites is 2. The van der Waals surface area contributed by atoms with Crippen molar-refractivity contribution in [3.8, 4) is 6.07 Å². The first-order valence-corrected chi connectivity index (χ1v) is 7.49. The molecule has 4 nitrogen and oxygen atoms in total. The first-order chi connectivity index (χ1) is 10.1. The lowest BCUT2D eigenvalue weighted by molar-refractivity contribution is 1.28. The predicted octanol–water partition coefficient (Wildman–Crippen LogP) is 4.58. The highest BCUT2D eigenvalue weighted by molar-refractivity contribution is 7.16. The molecule has 3 aromatic rings. The Bertz CT molecular complexity index is 879. The van der Waals surface area contributed by atoms with Crippen LogP contribution in [-0.4, -0.2) is 9.97 Å². The van der Waals surface area contributed by atoms with Crippen LogP contribution in [0.2, 0.25) is 5.15 Å². The van der Waals surface area contributed by atoms with Crippen LogP contribution >= 0.6 is 22.9 Å². The number of aryl methyl sites for hydroxylation is 1. The fraction of sp³-hybridized carbons (Fsp3) is 0.133. The molecular formula is C15H11ClN4S. The van der Waals surface area contributed by atoms with Gasteiger partial charge in [-0.3, -0.25) is 0 Å². The first-order valence-electron chi connectivity index (χ1n) is 6.29. The average molecular weight is 315 g/mol. The van der Waals surface area contributed by atoms with Crippen LogP contribution in [-0.2, 0) is 0 Å². The average Bonchev–Trinajstić information content (AvgIpc) is 2.74. The van der Waals surface area contributed by atoms with Gasteiger partial charge in [0.05, 0.1) is 16.6 Å². The molecule has 6 heteroatoms. The molecule has 0 aliphatic carbocycles. The lowest BCUT2D eigenvalue weighted by Gasteiger charge is -2.07. The summed E-state index contributed by atoms with van der Waals surface area (Å²) >= 11 is 7.70. The van der Waals surface area contributed by atoms with Crippen LogP contribution in [0.5, 0.6) is 0 Å².